The fourth-order valence-electron chi connectivity index (χ4n) is 2.66. The number of aromatic amines is 1. The van der Waals surface area contributed by atoms with Crippen molar-refractivity contribution in [2.45, 2.75) is 6.92 Å². The molecule has 0 unspecified atom stereocenters. The minimum absolute atomic E-state index is 0.304. The number of hydrogen-bond donors (Lipinski definition) is 1. The summed E-state index contributed by atoms with van der Waals surface area (Å²) in [5, 5.41) is 4.99. The van der Waals surface area contributed by atoms with Gasteiger partial charge in [-0.25, -0.2) is 9.37 Å². The minimum atomic E-state index is -0.356. The Labute approximate surface area is 136 Å². The number of aryl methyl sites for hydroxylation is 1. The van der Waals surface area contributed by atoms with Crippen LogP contribution in [0.25, 0.3) is 21.9 Å². The highest BCUT2D eigenvalue weighted by Gasteiger charge is 2.10. The predicted molar refractivity (Wildman–Crippen MR) is 92.0 cm³/mol. The number of rotatable bonds is 2. The topological polar surface area (TPSA) is 63.0 Å². The van der Waals surface area contributed by atoms with Crippen molar-refractivity contribution in [3.05, 3.63) is 76.1 Å². The first-order valence-corrected chi connectivity index (χ1v) is 7.41. The molecule has 6 heteroatoms. The summed E-state index contributed by atoms with van der Waals surface area (Å²) >= 11 is 0. The van der Waals surface area contributed by atoms with Crippen molar-refractivity contribution in [2.75, 3.05) is 0 Å². The highest BCUT2D eigenvalue weighted by atomic mass is 19.1. The van der Waals surface area contributed by atoms with E-state index in [2.05, 4.69) is 15.1 Å². The monoisotopic (exact) mass is 320 g/mol. The summed E-state index contributed by atoms with van der Waals surface area (Å²) in [5.41, 5.74) is 3.23. The number of aromatic nitrogens is 3. The maximum atomic E-state index is 13.2. The molecule has 5 nitrogen and oxygen atoms in total. The molecule has 0 amide bonds. The van der Waals surface area contributed by atoms with Crippen molar-refractivity contribution in [1.82, 2.24) is 14.6 Å². The SMILES string of the molecule is Cc1ccc2[nH]c3c(=O)n(/N=C\c4cccc(F)c4)cnc3c2c1. The summed E-state index contributed by atoms with van der Waals surface area (Å²) in [6.45, 7) is 1.99. The van der Waals surface area contributed by atoms with Crippen molar-refractivity contribution in [3.63, 3.8) is 0 Å². The van der Waals surface area contributed by atoms with Gasteiger partial charge in [0, 0.05) is 10.9 Å². The fourth-order valence-corrected chi connectivity index (χ4v) is 2.66. The molecule has 2 heterocycles. The molecule has 0 aliphatic carbocycles. The number of hydrogen-bond acceptors (Lipinski definition) is 3. The van der Waals surface area contributed by atoms with Crippen molar-refractivity contribution in [1.29, 1.82) is 0 Å². The molecule has 0 aliphatic heterocycles. The third-order valence-electron chi connectivity index (χ3n) is 3.82. The van der Waals surface area contributed by atoms with Gasteiger partial charge in [0.05, 0.1) is 6.21 Å². The molecule has 2 aromatic carbocycles. The summed E-state index contributed by atoms with van der Waals surface area (Å²) < 4.78 is 14.3. The second-order valence-corrected chi connectivity index (χ2v) is 5.59. The van der Waals surface area contributed by atoms with E-state index >= 15 is 0 Å². The van der Waals surface area contributed by atoms with Gasteiger partial charge in [-0.1, -0.05) is 23.8 Å². The quantitative estimate of drug-likeness (QED) is 0.576. The van der Waals surface area contributed by atoms with Gasteiger partial charge in [-0.3, -0.25) is 4.79 Å². The number of halogens is 1. The van der Waals surface area contributed by atoms with Gasteiger partial charge >= 0.3 is 0 Å². The molecule has 4 aromatic rings. The first-order valence-electron chi connectivity index (χ1n) is 7.41. The molecular formula is C18H13FN4O. The second-order valence-electron chi connectivity index (χ2n) is 5.59. The van der Waals surface area contributed by atoms with E-state index in [0.29, 0.717) is 16.6 Å². The fraction of sp³-hybridized carbons (Fsp3) is 0.0556. The summed E-state index contributed by atoms with van der Waals surface area (Å²) in [6.07, 6.45) is 2.79. The molecule has 0 aliphatic rings. The van der Waals surface area contributed by atoms with E-state index in [4.69, 9.17) is 0 Å². The van der Waals surface area contributed by atoms with Crippen LogP contribution in [0, 0.1) is 12.7 Å². The Morgan fingerprint density at radius 1 is 1.25 bits per heavy atom. The molecule has 0 saturated heterocycles. The van der Waals surface area contributed by atoms with Crippen LogP contribution in [0.3, 0.4) is 0 Å². The van der Waals surface area contributed by atoms with E-state index in [1.165, 1.54) is 24.7 Å². The molecule has 4 rings (SSSR count). The van der Waals surface area contributed by atoms with E-state index in [1.54, 1.807) is 12.1 Å². The van der Waals surface area contributed by atoms with Crippen molar-refractivity contribution in [3.8, 4) is 0 Å². The second kappa shape index (κ2) is 5.42. The van der Waals surface area contributed by atoms with Gasteiger partial charge in [0.25, 0.3) is 5.56 Å². The zero-order chi connectivity index (χ0) is 16.7. The molecule has 0 fully saturated rings. The van der Waals surface area contributed by atoms with Crippen molar-refractivity contribution >= 4 is 28.2 Å². The summed E-state index contributed by atoms with van der Waals surface area (Å²) in [5.74, 6) is -0.356. The third kappa shape index (κ3) is 2.38. The number of H-pyrrole nitrogens is 1. The molecule has 0 bridgehead atoms. The van der Waals surface area contributed by atoms with Gasteiger partial charge in [0.15, 0.2) is 0 Å². The lowest BCUT2D eigenvalue weighted by molar-refractivity contribution is 0.627. The maximum absolute atomic E-state index is 13.2. The lowest BCUT2D eigenvalue weighted by Crippen LogP contribution is -2.17. The van der Waals surface area contributed by atoms with Crippen LogP contribution in [0.5, 0.6) is 0 Å². The Morgan fingerprint density at radius 2 is 2.12 bits per heavy atom. The number of benzene rings is 2. The summed E-state index contributed by atoms with van der Waals surface area (Å²) in [6, 6.07) is 11.9. The van der Waals surface area contributed by atoms with Crippen LogP contribution in [0.1, 0.15) is 11.1 Å². The van der Waals surface area contributed by atoms with Crippen LogP contribution in [0.15, 0.2) is 58.7 Å². The molecular weight excluding hydrogens is 307 g/mol. The standard InChI is InChI=1S/C18H13FN4O/c1-11-5-6-15-14(7-11)16-17(22-15)18(24)23(10-20-16)21-9-12-3-2-4-13(19)8-12/h2-10,22H,1H3/b21-9-. The van der Waals surface area contributed by atoms with Crippen LogP contribution in [0.2, 0.25) is 0 Å². The maximum Gasteiger partial charge on any atom is 0.298 e. The normalized spacial score (nSPS) is 11.8. The molecule has 0 atom stereocenters. The van der Waals surface area contributed by atoms with E-state index in [0.717, 1.165) is 21.1 Å². The highest BCUT2D eigenvalue weighted by molar-refractivity contribution is 6.04. The van der Waals surface area contributed by atoms with Gasteiger partial charge in [0.1, 0.15) is 23.2 Å². The van der Waals surface area contributed by atoms with Gasteiger partial charge < -0.3 is 4.98 Å². The third-order valence-corrected chi connectivity index (χ3v) is 3.82. The van der Waals surface area contributed by atoms with Crippen LogP contribution in [-0.4, -0.2) is 20.9 Å². The van der Waals surface area contributed by atoms with Crippen LogP contribution in [0.4, 0.5) is 4.39 Å². The Morgan fingerprint density at radius 3 is 2.96 bits per heavy atom. The molecule has 0 radical (unpaired) electrons. The molecule has 118 valence electrons. The van der Waals surface area contributed by atoms with E-state index in [-0.39, 0.29) is 11.4 Å². The van der Waals surface area contributed by atoms with Crippen molar-refractivity contribution < 1.29 is 4.39 Å². The first kappa shape index (κ1) is 14.3. The molecule has 2 aromatic heterocycles. The number of nitrogens with one attached hydrogen (secondary N) is 1. The van der Waals surface area contributed by atoms with Crippen molar-refractivity contribution in [2.24, 2.45) is 5.10 Å². The lowest BCUT2D eigenvalue weighted by Gasteiger charge is -1.98. The van der Waals surface area contributed by atoms with Crippen LogP contribution < -0.4 is 5.56 Å². The Hall–Kier alpha value is -3.28. The van der Waals surface area contributed by atoms with Gasteiger partial charge in [-0.05, 0) is 36.8 Å². The highest BCUT2D eigenvalue weighted by Crippen LogP contribution is 2.22. The first-order chi connectivity index (χ1) is 11.6. The Bertz CT molecular complexity index is 1160. The minimum Gasteiger partial charge on any atom is -0.349 e. The van der Waals surface area contributed by atoms with E-state index < -0.39 is 0 Å². The Kier molecular flexibility index (Phi) is 3.23. The molecule has 1 N–H and O–H groups in total. The van der Waals surface area contributed by atoms with Crippen LogP contribution >= 0.6 is 0 Å². The zero-order valence-electron chi connectivity index (χ0n) is 12.8. The van der Waals surface area contributed by atoms with E-state index in [9.17, 15) is 9.18 Å². The number of nitrogens with zero attached hydrogens (tertiary/aromatic N) is 3. The lowest BCUT2D eigenvalue weighted by atomic mass is 10.2. The van der Waals surface area contributed by atoms with E-state index in [1.807, 2.05) is 25.1 Å². The van der Waals surface area contributed by atoms with Gasteiger partial charge in [0.2, 0.25) is 0 Å². The molecule has 0 saturated carbocycles. The van der Waals surface area contributed by atoms with Gasteiger partial charge in [-0.2, -0.15) is 9.78 Å². The zero-order valence-corrected chi connectivity index (χ0v) is 12.8. The summed E-state index contributed by atoms with van der Waals surface area (Å²) in [4.78, 5) is 20.0. The smallest absolute Gasteiger partial charge is 0.298 e. The molecule has 24 heavy (non-hydrogen) atoms. The average Bonchev–Trinajstić information content (AvgIpc) is 2.93. The van der Waals surface area contributed by atoms with Gasteiger partial charge in [-0.15, -0.1) is 0 Å². The molecule has 0 spiro atoms. The van der Waals surface area contributed by atoms with Crippen LogP contribution in [-0.2, 0) is 0 Å². The summed E-state index contributed by atoms with van der Waals surface area (Å²) in [7, 11) is 0. The largest absolute Gasteiger partial charge is 0.349 e. The number of fused-ring (bicyclic) bond motifs is 3. The average molecular weight is 320 g/mol. The Balaban J connectivity index is 1.84. The predicted octanol–water partition coefficient (Wildman–Crippen LogP) is 3.21.